The Morgan fingerprint density at radius 3 is 2.75 bits per heavy atom. The van der Waals surface area contributed by atoms with Crippen LogP contribution in [0.15, 0.2) is 24.3 Å². The summed E-state index contributed by atoms with van der Waals surface area (Å²) in [5, 5.41) is 9.30. The zero-order valence-electron chi connectivity index (χ0n) is 11.1. The third-order valence-corrected chi connectivity index (χ3v) is 4.09. The fourth-order valence-electron chi connectivity index (χ4n) is 3.00. The lowest BCUT2D eigenvalue weighted by Crippen LogP contribution is -2.41. The number of hydrogen-bond acceptors (Lipinski definition) is 3. The van der Waals surface area contributed by atoms with Crippen LogP contribution in [0.4, 0.5) is 5.69 Å². The number of hydrogen-bond donors (Lipinski definition) is 1. The molecule has 0 bridgehead atoms. The van der Waals surface area contributed by atoms with Crippen molar-refractivity contribution in [1.82, 2.24) is 0 Å². The van der Waals surface area contributed by atoms with Crippen LogP contribution in [0.5, 0.6) is 0 Å². The Labute approximate surface area is 117 Å². The minimum Gasteiger partial charge on any atom is -0.481 e. The maximum Gasteiger partial charge on any atom is 0.311 e. The van der Waals surface area contributed by atoms with Gasteiger partial charge in [0.25, 0.3) is 0 Å². The van der Waals surface area contributed by atoms with Crippen molar-refractivity contribution >= 4 is 17.6 Å². The van der Waals surface area contributed by atoms with Crippen LogP contribution in [0, 0.1) is 5.92 Å². The molecule has 1 saturated heterocycles. The topological polar surface area (TPSA) is 66.8 Å². The van der Waals surface area contributed by atoms with Crippen LogP contribution in [0.3, 0.4) is 0 Å². The third-order valence-electron chi connectivity index (χ3n) is 4.09. The summed E-state index contributed by atoms with van der Waals surface area (Å²) < 4.78 is 5.27. The number of aliphatic carboxylic acids is 1. The molecule has 1 fully saturated rings. The van der Waals surface area contributed by atoms with Crippen LogP contribution in [-0.4, -0.2) is 36.7 Å². The van der Waals surface area contributed by atoms with Crippen LogP contribution < -0.4 is 4.90 Å². The molecule has 0 radical (unpaired) electrons. The minimum atomic E-state index is -0.825. The molecule has 2 aliphatic heterocycles. The molecule has 0 saturated carbocycles. The van der Waals surface area contributed by atoms with Gasteiger partial charge in [0.15, 0.2) is 0 Å². The number of carboxylic acid groups (broad SMARTS) is 1. The number of nitrogens with zero attached hydrogens (tertiary/aromatic N) is 1. The number of benzene rings is 1. The van der Waals surface area contributed by atoms with Gasteiger partial charge in [0, 0.05) is 18.8 Å². The number of ether oxygens (including phenoxy) is 1. The Bertz CT molecular complexity index is 536. The molecule has 0 aromatic heterocycles. The molecule has 1 aromatic carbocycles. The number of rotatable bonds is 2. The van der Waals surface area contributed by atoms with Gasteiger partial charge in [0.05, 0.1) is 18.4 Å². The van der Waals surface area contributed by atoms with Gasteiger partial charge in [-0.15, -0.1) is 0 Å². The van der Waals surface area contributed by atoms with E-state index in [9.17, 15) is 14.7 Å². The highest BCUT2D eigenvalue weighted by Crippen LogP contribution is 2.36. The normalized spacial score (nSPS) is 25.3. The van der Waals surface area contributed by atoms with E-state index in [4.69, 9.17) is 4.74 Å². The summed E-state index contributed by atoms with van der Waals surface area (Å²) in [5.41, 5.74) is 1.47. The summed E-state index contributed by atoms with van der Waals surface area (Å²) in [7, 11) is 0. The third kappa shape index (κ3) is 2.18. The van der Waals surface area contributed by atoms with Crippen molar-refractivity contribution in [3.63, 3.8) is 0 Å². The van der Waals surface area contributed by atoms with Crippen molar-refractivity contribution < 1.29 is 19.4 Å². The predicted molar refractivity (Wildman–Crippen MR) is 72.7 cm³/mol. The molecular formula is C15H17NO4. The second-order valence-corrected chi connectivity index (χ2v) is 5.29. The van der Waals surface area contributed by atoms with Crippen LogP contribution in [0.25, 0.3) is 0 Å². The monoisotopic (exact) mass is 275 g/mol. The molecule has 5 heteroatoms. The minimum absolute atomic E-state index is 0.0544. The summed E-state index contributed by atoms with van der Waals surface area (Å²) in [6.07, 6.45) is 1.21. The average molecular weight is 275 g/mol. The fraction of sp³-hybridized carbons (Fsp3) is 0.467. The Hall–Kier alpha value is -1.88. The first-order chi connectivity index (χ1) is 9.68. The molecule has 2 heterocycles. The number of fused-ring (bicyclic) bond motifs is 1. The van der Waals surface area contributed by atoms with E-state index in [2.05, 4.69) is 0 Å². The molecule has 20 heavy (non-hydrogen) atoms. The van der Waals surface area contributed by atoms with Crippen LogP contribution in [0.1, 0.15) is 24.3 Å². The van der Waals surface area contributed by atoms with Gasteiger partial charge in [-0.1, -0.05) is 18.2 Å². The molecule has 1 amide bonds. The van der Waals surface area contributed by atoms with Crippen molar-refractivity contribution in [1.29, 1.82) is 0 Å². The molecule has 5 nitrogen and oxygen atoms in total. The van der Waals surface area contributed by atoms with Gasteiger partial charge in [-0.25, -0.2) is 0 Å². The van der Waals surface area contributed by atoms with Gasteiger partial charge in [0.2, 0.25) is 5.91 Å². The molecule has 1 aromatic rings. The molecule has 2 aliphatic rings. The summed E-state index contributed by atoms with van der Waals surface area (Å²) in [6, 6.07) is 7.30. The van der Waals surface area contributed by atoms with E-state index in [1.165, 1.54) is 0 Å². The predicted octanol–water partition coefficient (Wildman–Crippen LogP) is 1.63. The Morgan fingerprint density at radius 2 is 2.05 bits per heavy atom. The van der Waals surface area contributed by atoms with Crippen LogP contribution in [0.2, 0.25) is 0 Å². The number of amides is 1. The maximum atomic E-state index is 12.5. The van der Waals surface area contributed by atoms with E-state index in [-0.39, 0.29) is 11.8 Å². The Morgan fingerprint density at radius 1 is 1.25 bits per heavy atom. The van der Waals surface area contributed by atoms with Gasteiger partial charge in [-0.05, 0) is 24.5 Å². The standard InChI is InChI=1S/C15H17NO4/c17-14(10-6-8-20-9-10)16-7-5-12(15(18)19)11-3-1-2-4-13(11)16/h1-4,10,12H,5-9H2,(H,18,19). The van der Waals surface area contributed by atoms with E-state index in [1.807, 2.05) is 18.2 Å². The summed E-state index contributed by atoms with van der Waals surface area (Å²) in [6.45, 7) is 1.56. The first kappa shape index (κ1) is 13.1. The Kier molecular flexibility index (Phi) is 3.44. The largest absolute Gasteiger partial charge is 0.481 e. The second-order valence-electron chi connectivity index (χ2n) is 5.29. The molecule has 0 spiro atoms. The van der Waals surface area contributed by atoms with Crippen LogP contribution >= 0.6 is 0 Å². The number of carbonyl (C=O) groups excluding carboxylic acids is 1. The molecular weight excluding hydrogens is 258 g/mol. The molecule has 3 rings (SSSR count). The number of carbonyl (C=O) groups is 2. The Balaban J connectivity index is 1.92. The van der Waals surface area contributed by atoms with Crippen molar-refractivity contribution in [2.24, 2.45) is 5.92 Å². The average Bonchev–Trinajstić information content (AvgIpc) is 2.99. The lowest BCUT2D eigenvalue weighted by Gasteiger charge is -2.34. The summed E-state index contributed by atoms with van der Waals surface area (Å²) in [4.78, 5) is 25.6. The summed E-state index contributed by atoms with van der Waals surface area (Å²) >= 11 is 0. The summed E-state index contributed by atoms with van der Waals surface area (Å²) in [5.74, 6) is -1.38. The van der Waals surface area contributed by atoms with Crippen molar-refractivity contribution in [2.45, 2.75) is 18.8 Å². The van der Waals surface area contributed by atoms with E-state index in [1.54, 1.807) is 11.0 Å². The van der Waals surface area contributed by atoms with E-state index in [0.717, 1.165) is 17.7 Å². The maximum absolute atomic E-state index is 12.5. The number of para-hydroxylation sites is 1. The van der Waals surface area contributed by atoms with Gasteiger partial charge < -0.3 is 14.7 Å². The molecule has 0 aliphatic carbocycles. The van der Waals surface area contributed by atoms with E-state index in [0.29, 0.717) is 26.2 Å². The molecule has 2 unspecified atom stereocenters. The van der Waals surface area contributed by atoms with Gasteiger partial charge >= 0.3 is 5.97 Å². The van der Waals surface area contributed by atoms with Crippen molar-refractivity contribution in [3.05, 3.63) is 29.8 Å². The number of carboxylic acids is 1. The van der Waals surface area contributed by atoms with E-state index < -0.39 is 11.9 Å². The SMILES string of the molecule is O=C(O)C1CCN(C(=O)C2CCOC2)c2ccccc21. The molecule has 2 atom stereocenters. The van der Waals surface area contributed by atoms with Crippen molar-refractivity contribution in [2.75, 3.05) is 24.7 Å². The van der Waals surface area contributed by atoms with Gasteiger partial charge in [0.1, 0.15) is 0 Å². The zero-order valence-corrected chi connectivity index (χ0v) is 11.1. The van der Waals surface area contributed by atoms with Gasteiger partial charge in [-0.3, -0.25) is 9.59 Å². The lowest BCUT2D eigenvalue weighted by atomic mass is 9.89. The first-order valence-corrected chi connectivity index (χ1v) is 6.89. The highest BCUT2D eigenvalue weighted by molar-refractivity contribution is 5.98. The van der Waals surface area contributed by atoms with Gasteiger partial charge in [-0.2, -0.15) is 0 Å². The zero-order chi connectivity index (χ0) is 14.1. The number of anilines is 1. The first-order valence-electron chi connectivity index (χ1n) is 6.89. The second kappa shape index (κ2) is 5.25. The van der Waals surface area contributed by atoms with E-state index >= 15 is 0 Å². The molecule has 106 valence electrons. The lowest BCUT2D eigenvalue weighted by molar-refractivity contribution is -0.139. The quantitative estimate of drug-likeness (QED) is 0.890. The van der Waals surface area contributed by atoms with Crippen LogP contribution in [-0.2, 0) is 14.3 Å². The molecule has 1 N–H and O–H groups in total. The van der Waals surface area contributed by atoms with Crippen molar-refractivity contribution in [3.8, 4) is 0 Å². The smallest absolute Gasteiger partial charge is 0.311 e. The highest BCUT2D eigenvalue weighted by Gasteiger charge is 2.35. The highest BCUT2D eigenvalue weighted by atomic mass is 16.5. The fourth-order valence-corrected chi connectivity index (χ4v) is 3.00.